The molecule has 2 aromatic heterocycles. The van der Waals surface area contributed by atoms with Crippen LogP contribution in [0.2, 0.25) is 0 Å². The quantitative estimate of drug-likeness (QED) is 0.926. The normalized spacial score (nSPS) is 22.9. The highest BCUT2D eigenvalue weighted by atomic mass is 16.5. The van der Waals surface area contributed by atoms with Crippen LogP contribution in [-0.2, 0) is 0 Å². The Kier molecular flexibility index (Phi) is 3.67. The molecule has 20 heavy (non-hydrogen) atoms. The summed E-state index contributed by atoms with van der Waals surface area (Å²) >= 11 is 0. The Morgan fingerprint density at radius 1 is 1.25 bits per heavy atom. The molecule has 2 N–H and O–H groups in total. The van der Waals surface area contributed by atoms with Crippen LogP contribution in [0.5, 0.6) is 0 Å². The second kappa shape index (κ2) is 5.61. The van der Waals surface area contributed by atoms with Gasteiger partial charge < -0.3 is 10.3 Å². The van der Waals surface area contributed by atoms with Crippen molar-refractivity contribution in [2.24, 2.45) is 5.92 Å². The van der Waals surface area contributed by atoms with Crippen molar-refractivity contribution in [2.75, 3.05) is 5.73 Å². The maximum atomic E-state index is 5.62. The Bertz CT molecular complexity index is 556. The van der Waals surface area contributed by atoms with Crippen LogP contribution in [0.3, 0.4) is 0 Å². The summed E-state index contributed by atoms with van der Waals surface area (Å²) in [6.45, 7) is 2.27. The molecule has 0 unspecified atom stereocenters. The lowest BCUT2D eigenvalue weighted by molar-refractivity contribution is 0.305. The number of nitrogens with two attached hydrogens (primary N) is 1. The fraction of sp³-hybridized carbons (Fsp3) is 0.533. The first-order valence-electron chi connectivity index (χ1n) is 7.31. The lowest BCUT2D eigenvalue weighted by Gasteiger charge is -2.25. The summed E-state index contributed by atoms with van der Waals surface area (Å²) in [6.07, 6.45) is 7.74. The molecule has 106 valence electrons. The Balaban J connectivity index is 1.72. The standard InChI is InChI=1S/C15H20N4O/c1-2-10-3-5-11(6-4-10)14-18-15(20-19-14)13-8-7-12(16)9-17-13/h7-11H,2-6,16H2,1H3. The fourth-order valence-electron chi connectivity index (χ4n) is 2.87. The largest absolute Gasteiger partial charge is 0.397 e. The lowest BCUT2D eigenvalue weighted by Crippen LogP contribution is -2.13. The molecule has 1 saturated carbocycles. The summed E-state index contributed by atoms with van der Waals surface area (Å²) in [7, 11) is 0. The molecule has 5 heteroatoms. The van der Waals surface area contributed by atoms with E-state index in [1.165, 1.54) is 19.3 Å². The third-order valence-electron chi connectivity index (χ3n) is 4.24. The SMILES string of the molecule is CCC1CCC(c2noc(-c3ccc(N)cn3)n2)CC1. The smallest absolute Gasteiger partial charge is 0.276 e. The molecule has 1 fully saturated rings. The van der Waals surface area contributed by atoms with Crippen LogP contribution >= 0.6 is 0 Å². The number of hydrogen-bond donors (Lipinski definition) is 1. The van der Waals surface area contributed by atoms with Gasteiger partial charge in [-0.3, -0.25) is 0 Å². The van der Waals surface area contributed by atoms with Gasteiger partial charge in [-0.25, -0.2) is 4.98 Å². The molecule has 1 aliphatic rings. The number of nitrogen functional groups attached to an aromatic ring is 1. The van der Waals surface area contributed by atoms with Crippen LogP contribution in [0.25, 0.3) is 11.6 Å². The molecule has 0 spiro atoms. The first-order valence-corrected chi connectivity index (χ1v) is 7.31. The Morgan fingerprint density at radius 3 is 2.70 bits per heavy atom. The van der Waals surface area contributed by atoms with Gasteiger partial charge in [0.2, 0.25) is 0 Å². The van der Waals surface area contributed by atoms with E-state index in [0.29, 0.717) is 23.2 Å². The van der Waals surface area contributed by atoms with Gasteiger partial charge in [0.05, 0.1) is 11.9 Å². The molecule has 0 atom stereocenters. The van der Waals surface area contributed by atoms with Crippen molar-refractivity contribution in [3.8, 4) is 11.6 Å². The van der Waals surface area contributed by atoms with Crippen molar-refractivity contribution >= 4 is 5.69 Å². The lowest BCUT2D eigenvalue weighted by atomic mass is 9.80. The van der Waals surface area contributed by atoms with E-state index in [0.717, 1.165) is 24.6 Å². The average Bonchev–Trinajstić information content (AvgIpc) is 2.98. The number of hydrogen-bond acceptors (Lipinski definition) is 5. The van der Waals surface area contributed by atoms with E-state index in [1.807, 2.05) is 0 Å². The van der Waals surface area contributed by atoms with E-state index >= 15 is 0 Å². The second-order valence-electron chi connectivity index (χ2n) is 5.56. The molecule has 2 heterocycles. The maximum Gasteiger partial charge on any atom is 0.276 e. The summed E-state index contributed by atoms with van der Waals surface area (Å²) in [5.74, 6) is 2.62. The molecule has 1 aliphatic carbocycles. The summed E-state index contributed by atoms with van der Waals surface area (Å²) < 4.78 is 5.33. The molecule has 0 amide bonds. The zero-order valence-corrected chi connectivity index (χ0v) is 11.7. The highest BCUT2D eigenvalue weighted by Gasteiger charge is 2.25. The fourth-order valence-corrected chi connectivity index (χ4v) is 2.87. The Labute approximate surface area is 118 Å². The summed E-state index contributed by atoms with van der Waals surface area (Å²) in [5.41, 5.74) is 6.94. The molecule has 5 nitrogen and oxygen atoms in total. The number of nitrogens with zero attached hydrogens (tertiary/aromatic N) is 3. The number of anilines is 1. The van der Waals surface area contributed by atoms with Gasteiger partial charge in [0.1, 0.15) is 5.69 Å². The van der Waals surface area contributed by atoms with Gasteiger partial charge in [0, 0.05) is 5.92 Å². The van der Waals surface area contributed by atoms with Gasteiger partial charge in [-0.05, 0) is 43.7 Å². The van der Waals surface area contributed by atoms with Crippen molar-refractivity contribution < 1.29 is 4.52 Å². The van der Waals surface area contributed by atoms with Crippen LogP contribution < -0.4 is 5.73 Å². The molecule has 3 rings (SSSR count). The van der Waals surface area contributed by atoms with Crippen molar-refractivity contribution in [1.82, 2.24) is 15.1 Å². The number of pyridine rings is 1. The third kappa shape index (κ3) is 2.66. The highest BCUT2D eigenvalue weighted by Crippen LogP contribution is 2.36. The van der Waals surface area contributed by atoms with E-state index in [4.69, 9.17) is 10.3 Å². The van der Waals surface area contributed by atoms with E-state index in [9.17, 15) is 0 Å². The number of aromatic nitrogens is 3. The van der Waals surface area contributed by atoms with Crippen molar-refractivity contribution in [3.63, 3.8) is 0 Å². The molecule has 0 bridgehead atoms. The first kappa shape index (κ1) is 13.1. The Morgan fingerprint density at radius 2 is 2.05 bits per heavy atom. The van der Waals surface area contributed by atoms with Gasteiger partial charge in [-0.2, -0.15) is 4.98 Å². The van der Waals surface area contributed by atoms with Gasteiger partial charge in [0.15, 0.2) is 5.82 Å². The second-order valence-corrected chi connectivity index (χ2v) is 5.56. The molecule has 0 aromatic carbocycles. The molecule has 0 saturated heterocycles. The molecular weight excluding hydrogens is 252 g/mol. The van der Waals surface area contributed by atoms with Crippen LogP contribution in [0.4, 0.5) is 5.69 Å². The highest BCUT2D eigenvalue weighted by molar-refractivity contribution is 5.50. The predicted molar refractivity (Wildman–Crippen MR) is 76.9 cm³/mol. The average molecular weight is 272 g/mol. The van der Waals surface area contributed by atoms with Crippen molar-refractivity contribution in [1.29, 1.82) is 0 Å². The third-order valence-corrected chi connectivity index (χ3v) is 4.24. The minimum atomic E-state index is 0.434. The van der Waals surface area contributed by atoms with Crippen LogP contribution in [0.15, 0.2) is 22.9 Å². The Hall–Kier alpha value is -1.91. The summed E-state index contributed by atoms with van der Waals surface area (Å²) in [5, 5.41) is 4.13. The molecule has 0 aliphatic heterocycles. The zero-order valence-electron chi connectivity index (χ0n) is 11.7. The van der Waals surface area contributed by atoms with Gasteiger partial charge in [-0.1, -0.05) is 18.5 Å². The van der Waals surface area contributed by atoms with Crippen molar-refractivity contribution in [2.45, 2.75) is 44.9 Å². The van der Waals surface area contributed by atoms with Gasteiger partial charge >= 0.3 is 0 Å². The van der Waals surface area contributed by atoms with Crippen molar-refractivity contribution in [3.05, 3.63) is 24.2 Å². The molecule has 2 aromatic rings. The monoisotopic (exact) mass is 272 g/mol. The van der Waals surface area contributed by atoms with Crippen LogP contribution in [-0.4, -0.2) is 15.1 Å². The van der Waals surface area contributed by atoms with E-state index in [-0.39, 0.29) is 0 Å². The molecule has 0 radical (unpaired) electrons. The van der Waals surface area contributed by atoms with E-state index < -0.39 is 0 Å². The van der Waals surface area contributed by atoms with Crippen LogP contribution in [0.1, 0.15) is 50.8 Å². The topological polar surface area (TPSA) is 77.8 Å². The van der Waals surface area contributed by atoms with E-state index in [2.05, 4.69) is 22.0 Å². The van der Waals surface area contributed by atoms with Crippen LogP contribution in [0, 0.1) is 5.92 Å². The predicted octanol–water partition coefficient (Wildman–Crippen LogP) is 3.40. The van der Waals surface area contributed by atoms with E-state index in [1.54, 1.807) is 18.3 Å². The minimum absolute atomic E-state index is 0.434. The first-order chi connectivity index (χ1) is 9.76. The van der Waals surface area contributed by atoms with Gasteiger partial charge in [-0.15, -0.1) is 0 Å². The summed E-state index contributed by atoms with van der Waals surface area (Å²) in [4.78, 5) is 8.71. The molecular formula is C15H20N4O. The number of rotatable bonds is 3. The maximum absolute atomic E-state index is 5.62. The van der Waals surface area contributed by atoms with Gasteiger partial charge in [0.25, 0.3) is 5.89 Å². The minimum Gasteiger partial charge on any atom is -0.397 e. The summed E-state index contributed by atoms with van der Waals surface area (Å²) in [6, 6.07) is 3.60. The zero-order chi connectivity index (χ0) is 13.9.